The van der Waals surface area contributed by atoms with Gasteiger partial charge in [0.25, 0.3) is 5.91 Å². The maximum Gasteiger partial charge on any atom is 0.328 e. The predicted octanol–water partition coefficient (Wildman–Crippen LogP) is 4.15. The van der Waals surface area contributed by atoms with Gasteiger partial charge in [-0.1, -0.05) is 12.1 Å². The molecule has 1 N–H and O–H groups in total. The first-order valence-electron chi connectivity index (χ1n) is 9.38. The summed E-state index contributed by atoms with van der Waals surface area (Å²) in [5, 5.41) is 9.71. The molecule has 6 nitrogen and oxygen atoms in total. The third-order valence-corrected chi connectivity index (χ3v) is 4.47. The highest BCUT2D eigenvalue weighted by Crippen LogP contribution is 2.26. The van der Waals surface area contributed by atoms with E-state index < -0.39 is 5.97 Å². The van der Waals surface area contributed by atoms with Crippen LogP contribution in [0.5, 0.6) is 5.75 Å². The second-order valence-corrected chi connectivity index (χ2v) is 6.45. The van der Waals surface area contributed by atoms with Crippen molar-refractivity contribution in [1.82, 2.24) is 4.57 Å². The molecule has 1 heterocycles. The second-order valence-electron chi connectivity index (χ2n) is 6.45. The van der Waals surface area contributed by atoms with E-state index in [-0.39, 0.29) is 5.91 Å². The number of benzene rings is 2. The molecule has 0 fully saturated rings. The minimum Gasteiger partial charge on any atom is -0.491 e. The Balaban J connectivity index is 1.86. The molecular formula is C23H23NO5. The number of carbonyl (C=O) groups is 2. The number of aliphatic carboxylic acids is 1. The second kappa shape index (κ2) is 9.21. The lowest BCUT2D eigenvalue weighted by Crippen LogP contribution is -2.13. The summed E-state index contributed by atoms with van der Waals surface area (Å²) in [6.45, 7) is 5.40. The highest BCUT2D eigenvalue weighted by molar-refractivity contribution is 6.05. The number of carboxylic acid groups (broad SMARTS) is 1. The summed E-state index contributed by atoms with van der Waals surface area (Å²) in [6, 6.07) is 14.4. The summed E-state index contributed by atoms with van der Waals surface area (Å²) in [5.74, 6) is -0.494. The minimum atomic E-state index is -1.02. The van der Waals surface area contributed by atoms with Crippen LogP contribution in [0.25, 0.3) is 17.0 Å². The number of nitrogens with zero attached hydrogens (tertiary/aromatic N) is 1. The average molecular weight is 393 g/mol. The Morgan fingerprint density at radius 1 is 1.10 bits per heavy atom. The molecule has 0 saturated heterocycles. The molecule has 0 aliphatic heterocycles. The topological polar surface area (TPSA) is 77.8 Å². The predicted molar refractivity (Wildman–Crippen MR) is 112 cm³/mol. The van der Waals surface area contributed by atoms with Gasteiger partial charge >= 0.3 is 5.97 Å². The van der Waals surface area contributed by atoms with Crippen LogP contribution < -0.4 is 4.74 Å². The molecule has 0 amide bonds. The average Bonchev–Trinajstić information content (AvgIpc) is 3.06. The molecule has 0 radical (unpaired) electrons. The first-order chi connectivity index (χ1) is 14.0. The van der Waals surface area contributed by atoms with Gasteiger partial charge in [-0.2, -0.15) is 0 Å². The number of carboxylic acids is 1. The van der Waals surface area contributed by atoms with Crippen molar-refractivity contribution in [2.24, 2.45) is 0 Å². The Bertz CT molecular complexity index is 1050. The maximum absolute atomic E-state index is 13.1. The van der Waals surface area contributed by atoms with Gasteiger partial charge in [0, 0.05) is 29.3 Å². The highest BCUT2D eigenvalue weighted by Gasteiger charge is 2.16. The summed E-state index contributed by atoms with van der Waals surface area (Å²) in [4.78, 5) is 24.0. The molecule has 0 spiro atoms. The first kappa shape index (κ1) is 20.4. The molecule has 6 heteroatoms. The molecular weight excluding hydrogens is 370 g/mol. The third-order valence-electron chi connectivity index (χ3n) is 4.47. The quantitative estimate of drug-likeness (QED) is 0.459. The molecule has 150 valence electrons. The van der Waals surface area contributed by atoms with Crippen LogP contribution in [0.4, 0.5) is 0 Å². The van der Waals surface area contributed by atoms with Gasteiger partial charge in [0.15, 0.2) is 0 Å². The molecule has 0 saturated carbocycles. The number of aromatic nitrogens is 1. The van der Waals surface area contributed by atoms with Crippen LogP contribution in [-0.2, 0) is 9.53 Å². The fourth-order valence-corrected chi connectivity index (χ4v) is 3.15. The van der Waals surface area contributed by atoms with E-state index >= 15 is 0 Å². The van der Waals surface area contributed by atoms with Crippen molar-refractivity contribution in [3.8, 4) is 5.75 Å². The largest absolute Gasteiger partial charge is 0.491 e. The van der Waals surface area contributed by atoms with Gasteiger partial charge in [-0.25, -0.2) is 4.79 Å². The zero-order valence-corrected chi connectivity index (χ0v) is 16.4. The van der Waals surface area contributed by atoms with Crippen LogP contribution >= 0.6 is 0 Å². The Kier molecular flexibility index (Phi) is 6.46. The molecule has 0 aliphatic rings. The summed E-state index contributed by atoms with van der Waals surface area (Å²) in [6.07, 6.45) is 2.63. The van der Waals surface area contributed by atoms with E-state index in [9.17, 15) is 9.59 Å². The normalized spacial score (nSPS) is 11.2. The van der Waals surface area contributed by atoms with Gasteiger partial charge < -0.3 is 14.6 Å². The lowest BCUT2D eigenvalue weighted by molar-refractivity contribution is -0.131. The molecule has 1 aromatic heterocycles. The van der Waals surface area contributed by atoms with Gasteiger partial charge in [-0.3, -0.25) is 9.36 Å². The van der Waals surface area contributed by atoms with Crippen molar-refractivity contribution in [3.63, 3.8) is 0 Å². The standard InChI is InChI=1S/C23H23NO5/c1-3-28-13-14-29-19-10-7-18(8-11-19)23(27)24-16(2)15-20-17(9-12-22(25)26)5-4-6-21(20)24/h4-12,15H,3,13-14H2,1-2H3,(H,25,26). The number of fused-ring (bicyclic) bond motifs is 1. The van der Waals surface area contributed by atoms with Gasteiger partial charge in [0.2, 0.25) is 0 Å². The number of rotatable bonds is 8. The zero-order chi connectivity index (χ0) is 20.8. The van der Waals surface area contributed by atoms with Gasteiger partial charge in [-0.15, -0.1) is 0 Å². The van der Waals surface area contributed by atoms with Crippen molar-refractivity contribution < 1.29 is 24.2 Å². The summed E-state index contributed by atoms with van der Waals surface area (Å²) < 4.78 is 12.5. The van der Waals surface area contributed by atoms with Gasteiger partial charge in [0.1, 0.15) is 12.4 Å². The van der Waals surface area contributed by atoms with Crippen LogP contribution in [0.3, 0.4) is 0 Å². The van der Waals surface area contributed by atoms with Crippen LogP contribution in [-0.4, -0.2) is 41.4 Å². The fraction of sp³-hybridized carbons (Fsp3) is 0.217. The van der Waals surface area contributed by atoms with Gasteiger partial charge in [-0.05, 0) is 61.9 Å². The Labute approximate surface area is 169 Å². The zero-order valence-electron chi connectivity index (χ0n) is 16.4. The number of aryl methyl sites for hydroxylation is 1. The molecule has 3 rings (SSSR count). The van der Waals surface area contributed by atoms with E-state index in [2.05, 4.69) is 0 Å². The summed E-state index contributed by atoms with van der Waals surface area (Å²) >= 11 is 0. The van der Waals surface area contributed by atoms with E-state index in [0.29, 0.717) is 31.1 Å². The van der Waals surface area contributed by atoms with E-state index in [1.54, 1.807) is 28.8 Å². The van der Waals surface area contributed by atoms with E-state index in [1.165, 1.54) is 6.08 Å². The van der Waals surface area contributed by atoms with Crippen molar-refractivity contribution in [2.75, 3.05) is 19.8 Å². The number of hydrogen-bond acceptors (Lipinski definition) is 4. The van der Waals surface area contributed by atoms with E-state index in [0.717, 1.165) is 28.2 Å². The Morgan fingerprint density at radius 3 is 2.55 bits per heavy atom. The van der Waals surface area contributed by atoms with Crippen molar-refractivity contribution in [3.05, 3.63) is 71.4 Å². The lowest BCUT2D eigenvalue weighted by atomic mass is 10.1. The summed E-state index contributed by atoms with van der Waals surface area (Å²) in [5.41, 5.74) is 2.79. The minimum absolute atomic E-state index is 0.155. The molecule has 3 aromatic rings. The maximum atomic E-state index is 13.1. The Morgan fingerprint density at radius 2 is 1.86 bits per heavy atom. The van der Waals surface area contributed by atoms with Crippen LogP contribution in [0.2, 0.25) is 0 Å². The molecule has 2 aromatic carbocycles. The molecule has 0 aliphatic carbocycles. The van der Waals surface area contributed by atoms with Crippen molar-refractivity contribution >= 4 is 28.9 Å². The van der Waals surface area contributed by atoms with Crippen LogP contribution in [0, 0.1) is 6.92 Å². The van der Waals surface area contributed by atoms with Crippen LogP contribution in [0.1, 0.15) is 28.5 Å². The number of hydrogen-bond donors (Lipinski definition) is 1. The van der Waals surface area contributed by atoms with E-state index in [4.69, 9.17) is 14.6 Å². The number of ether oxygens (including phenoxy) is 2. The summed E-state index contributed by atoms with van der Waals surface area (Å²) in [7, 11) is 0. The Hall–Kier alpha value is -3.38. The van der Waals surface area contributed by atoms with Gasteiger partial charge in [0.05, 0.1) is 12.1 Å². The lowest BCUT2D eigenvalue weighted by Gasteiger charge is -2.09. The molecule has 0 unspecified atom stereocenters. The fourth-order valence-electron chi connectivity index (χ4n) is 3.15. The monoisotopic (exact) mass is 393 g/mol. The van der Waals surface area contributed by atoms with Crippen molar-refractivity contribution in [1.29, 1.82) is 0 Å². The molecule has 0 atom stereocenters. The molecule has 29 heavy (non-hydrogen) atoms. The van der Waals surface area contributed by atoms with Crippen LogP contribution in [0.15, 0.2) is 54.6 Å². The highest BCUT2D eigenvalue weighted by atomic mass is 16.5. The SMILES string of the molecule is CCOCCOc1ccc(C(=O)n2c(C)cc3c(C=CC(=O)O)cccc32)cc1. The van der Waals surface area contributed by atoms with Crippen molar-refractivity contribution in [2.45, 2.75) is 13.8 Å². The smallest absolute Gasteiger partial charge is 0.328 e. The third kappa shape index (κ3) is 4.73. The first-order valence-corrected chi connectivity index (χ1v) is 9.38. The van der Waals surface area contributed by atoms with E-state index in [1.807, 2.05) is 38.1 Å². The number of carbonyl (C=O) groups excluding carboxylic acids is 1. The molecule has 0 bridgehead atoms.